The van der Waals surface area contributed by atoms with Crippen molar-refractivity contribution < 1.29 is 13.9 Å². The van der Waals surface area contributed by atoms with Crippen LogP contribution in [0.15, 0.2) is 30.3 Å². The molecule has 0 bridgehead atoms. The second-order valence-electron chi connectivity index (χ2n) is 7.90. The Kier molecular flexibility index (Phi) is 5.63. The molecule has 6 nitrogen and oxygen atoms in total. The van der Waals surface area contributed by atoms with Gasteiger partial charge in [0.25, 0.3) is 0 Å². The molecule has 1 aromatic heterocycles. The lowest BCUT2D eigenvalue weighted by molar-refractivity contribution is -0.133. The summed E-state index contributed by atoms with van der Waals surface area (Å²) in [5.74, 6) is 0.692. The lowest BCUT2D eigenvalue weighted by atomic mass is 10.1. The zero-order valence-electron chi connectivity index (χ0n) is 16.6. The maximum Gasteiger partial charge on any atom is 0.237 e. The molecule has 7 heteroatoms. The molecule has 0 aliphatic carbocycles. The Morgan fingerprint density at radius 3 is 2.86 bits per heavy atom. The summed E-state index contributed by atoms with van der Waals surface area (Å²) in [6, 6.07) is 11.3. The monoisotopic (exact) mass is 396 g/mol. The molecule has 2 atom stereocenters. The predicted octanol–water partition coefficient (Wildman–Crippen LogP) is 2.85. The predicted molar refractivity (Wildman–Crippen MR) is 107 cm³/mol. The van der Waals surface area contributed by atoms with Crippen molar-refractivity contribution in [1.29, 1.82) is 5.26 Å². The van der Waals surface area contributed by atoms with E-state index in [0.717, 1.165) is 48.3 Å². The second-order valence-corrected chi connectivity index (χ2v) is 7.90. The number of carbonyl (C=O) groups excluding carboxylic acids is 1. The number of likely N-dealkylation sites (tertiary alicyclic amines) is 2. The fourth-order valence-corrected chi connectivity index (χ4v) is 4.20. The zero-order valence-corrected chi connectivity index (χ0v) is 16.6. The van der Waals surface area contributed by atoms with Crippen LogP contribution in [0.3, 0.4) is 0 Å². The molecule has 29 heavy (non-hydrogen) atoms. The Morgan fingerprint density at radius 1 is 1.34 bits per heavy atom. The molecule has 2 aliphatic heterocycles. The number of alkyl halides is 1. The van der Waals surface area contributed by atoms with Crippen molar-refractivity contribution in [3.8, 4) is 11.8 Å². The molecule has 3 heterocycles. The van der Waals surface area contributed by atoms with Crippen LogP contribution in [0.4, 0.5) is 4.39 Å². The third-order valence-electron chi connectivity index (χ3n) is 5.71. The van der Waals surface area contributed by atoms with Crippen LogP contribution in [0.25, 0.3) is 10.9 Å². The van der Waals surface area contributed by atoms with E-state index >= 15 is 0 Å². The van der Waals surface area contributed by atoms with Crippen LogP contribution in [0, 0.1) is 18.3 Å². The van der Waals surface area contributed by atoms with Crippen molar-refractivity contribution in [1.82, 2.24) is 14.8 Å². The SMILES string of the molecule is Cc1cc(OC2CCN(CC(=O)N3C[C@@H](F)CC3C#N)CC2)c2ccccc2n1. The molecule has 0 saturated carbocycles. The number of amides is 1. The van der Waals surface area contributed by atoms with Crippen molar-refractivity contribution in [3.05, 3.63) is 36.0 Å². The van der Waals surface area contributed by atoms with Crippen molar-refractivity contribution in [2.75, 3.05) is 26.2 Å². The summed E-state index contributed by atoms with van der Waals surface area (Å²) >= 11 is 0. The number of nitrogens with zero attached hydrogens (tertiary/aromatic N) is 4. The largest absolute Gasteiger partial charge is 0.490 e. The van der Waals surface area contributed by atoms with Crippen LogP contribution in [0.2, 0.25) is 0 Å². The molecule has 0 spiro atoms. The molecular weight excluding hydrogens is 371 g/mol. The number of piperidine rings is 1. The van der Waals surface area contributed by atoms with Crippen LogP contribution < -0.4 is 4.74 Å². The first kappa shape index (κ1) is 19.6. The number of benzene rings is 1. The van der Waals surface area contributed by atoms with Crippen LogP contribution in [-0.4, -0.2) is 65.2 Å². The number of pyridine rings is 1. The number of aromatic nitrogens is 1. The highest BCUT2D eigenvalue weighted by atomic mass is 19.1. The van der Waals surface area contributed by atoms with E-state index in [1.54, 1.807) is 0 Å². The van der Waals surface area contributed by atoms with E-state index in [2.05, 4.69) is 9.88 Å². The second kappa shape index (κ2) is 8.34. The van der Waals surface area contributed by atoms with Gasteiger partial charge < -0.3 is 9.64 Å². The van der Waals surface area contributed by atoms with E-state index in [4.69, 9.17) is 10.00 Å². The number of aryl methyl sites for hydroxylation is 1. The molecule has 1 amide bonds. The zero-order chi connectivity index (χ0) is 20.4. The molecule has 1 aromatic carbocycles. The average molecular weight is 396 g/mol. The summed E-state index contributed by atoms with van der Waals surface area (Å²) in [5.41, 5.74) is 1.85. The van der Waals surface area contributed by atoms with Gasteiger partial charge in [-0.2, -0.15) is 5.26 Å². The van der Waals surface area contributed by atoms with E-state index in [1.807, 2.05) is 43.3 Å². The minimum atomic E-state index is -1.10. The van der Waals surface area contributed by atoms with Gasteiger partial charge in [-0.1, -0.05) is 12.1 Å². The van der Waals surface area contributed by atoms with Crippen molar-refractivity contribution in [3.63, 3.8) is 0 Å². The standard InChI is InChI=1S/C22H25FN4O2/c1-15-10-21(19-4-2-3-5-20(19)25-15)29-18-6-8-26(9-7-18)14-22(28)27-13-16(23)11-17(27)12-24/h2-5,10,16-18H,6-9,11,13-14H2,1H3/t16-,17?/m0/s1. The van der Waals surface area contributed by atoms with Gasteiger partial charge in [0.05, 0.1) is 24.7 Å². The molecule has 4 rings (SSSR count). The quantitative estimate of drug-likeness (QED) is 0.795. The summed E-state index contributed by atoms with van der Waals surface area (Å²) < 4.78 is 19.9. The van der Waals surface area contributed by atoms with Crippen molar-refractivity contribution in [2.45, 2.75) is 44.5 Å². The third-order valence-corrected chi connectivity index (χ3v) is 5.71. The normalized spacial score (nSPS) is 23.3. The molecule has 152 valence electrons. The van der Waals surface area contributed by atoms with Crippen molar-refractivity contribution in [2.24, 2.45) is 0 Å². The number of halogens is 1. The molecular formula is C22H25FN4O2. The highest BCUT2D eigenvalue weighted by Gasteiger charge is 2.36. The summed E-state index contributed by atoms with van der Waals surface area (Å²) in [5, 5.41) is 10.1. The van der Waals surface area contributed by atoms with E-state index in [1.165, 1.54) is 4.90 Å². The van der Waals surface area contributed by atoms with E-state index in [0.29, 0.717) is 0 Å². The molecule has 2 aromatic rings. The van der Waals surface area contributed by atoms with Crippen LogP contribution in [0.5, 0.6) is 5.75 Å². The first-order valence-electron chi connectivity index (χ1n) is 10.1. The number of nitriles is 1. The molecule has 2 aliphatic rings. The number of ether oxygens (including phenoxy) is 1. The van der Waals surface area contributed by atoms with Gasteiger partial charge in [0.15, 0.2) is 0 Å². The van der Waals surface area contributed by atoms with Gasteiger partial charge in [0, 0.05) is 36.7 Å². The molecule has 1 unspecified atom stereocenters. The number of para-hydroxylation sites is 1. The summed E-state index contributed by atoms with van der Waals surface area (Å²) in [6.07, 6.45) is 0.742. The van der Waals surface area contributed by atoms with Gasteiger partial charge >= 0.3 is 0 Å². The van der Waals surface area contributed by atoms with E-state index in [-0.39, 0.29) is 31.5 Å². The first-order chi connectivity index (χ1) is 14.0. The number of carbonyl (C=O) groups is 1. The van der Waals surface area contributed by atoms with Crippen LogP contribution in [-0.2, 0) is 4.79 Å². The maximum atomic E-state index is 13.6. The van der Waals surface area contributed by atoms with Gasteiger partial charge in [-0.15, -0.1) is 0 Å². The average Bonchev–Trinajstić information content (AvgIpc) is 3.10. The number of hydrogen-bond acceptors (Lipinski definition) is 5. The number of fused-ring (bicyclic) bond motifs is 1. The highest BCUT2D eigenvalue weighted by Crippen LogP contribution is 2.28. The van der Waals surface area contributed by atoms with Crippen molar-refractivity contribution >= 4 is 16.8 Å². The summed E-state index contributed by atoms with van der Waals surface area (Å²) in [6.45, 7) is 3.70. The maximum absolute atomic E-state index is 13.6. The van der Waals surface area contributed by atoms with Crippen LogP contribution in [0.1, 0.15) is 25.0 Å². The van der Waals surface area contributed by atoms with E-state index < -0.39 is 12.2 Å². The Bertz CT molecular complexity index is 936. The van der Waals surface area contributed by atoms with E-state index in [9.17, 15) is 9.18 Å². The molecule has 0 N–H and O–H groups in total. The Morgan fingerprint density at radius 2 is 2.10 bits per heavy atom. The number of hydrogen-bond donors (Lipinski definition) is 0. The fraction of sp³-hybridized carbons (Fsp3) is 0.500. The van der Waals surface area contributed by atoms with Crippen LogP contribution >= 0.6 is 0 Å². The lowest BCUT2D eigenvalue weighted by Gasteiger charge is -2.33. The van der Waals surface area contributed by atoms with Gasteiger partial charge in [-0.3, -0.25) is 14.7 Å². The summed E-state index contributed by atoms with van der Waals surface area (Å²) in [7, 11) is 0. The Balaban J connectivity index is 1.34. The third kappa shape index (κ3) is 4.33. The van der Waals surface area contributed by atoms with Gasteiger partial charge in [-0.25, -0.2) is 4.39 Å². The highest BCUT2D eigenvalue weighted by molar-refractivity contribution is 5.85. The molecule has 2 saturated heterocycles. The smallest absolute Gasteiger partial charge is 0.237 e. The minimum absolute atomic E-state index is 0.0328. The molecule has 2 fully saturated rings. The Labute approximate surface area is 169 Å². The van der Waals surface area contributed by atoms with Gasteiger partial charge in [-0.05, 0) is 31.9 Å². The van der Waals surface area contributed by atoms with Gasteiger partial charge in [0.1, 0.15) is 24.1 Å². The minimum Gasteiger partial charge on any atom is -0.490 e. The lowest BCUT2D eigenvalue weighted by Crippen LogP contribution is -2.46. The topological polar surface area (TPSA) is 69.5 Å². The first-order valence-corrected chi connectivity index (χ1v) is 10.1. The Hall–Kier alpha value is -2.72. The summed E-state index contributed by atoms with van der Waals surface area (Å²) in [4.78, 5) is 20.5. The molecule has 0 radical (unpaired) electrons. The number of rotatable bonds is 4. The van der Waals surface area contributed by atoms with Gasteiger partial charge in [0.2, 0.25) is 5.91 Å². The fourth-order valence-electron chi connectivity index (χ4n) is 4.20.